The van der Waals surface area contributed by atoms with Gasteiger partial charge in [-0.3, -0.25) is 4.68 Å². The van der Waals surface area contributed by atoms with Crippen molar-refractivity contribution in [2.75, 3.05) is 11.5 Å². The summed E-state index contributed by atoms with van der Waals surface area (Å²) in [5.74, 6) is 0.133. The molecule has 1 N–H and O–H groups in total. The number of sulfone groups is 1. The second-order valence-corrected chi connectivity index (χ2v) is 5.99. The molecule has 1 fully saturated rings. The van der Waals surface area contributed by atoms with Gasteiger partial charge in [-0.15, -0.1) is 0 Å². The molecule has 1 aromatic heterocycles. The van der Waals surface area contributed by atoms with Gasteiger partial charge in [0.05, 0.1) is 23.9 Å². The minimum absolute atomic E-state index is 0.133. The number of ether oxygens (including phenoxy) is 1. The Morgan fingerprint density at radius 2 is 2.38 bits per heavy atom. The monoisotopic (exact) mass is 246 g/mol. The molecule has 16 heavy (non-hydrogen) atoms. The molecule has 2 rings (SSSR count). The van der Waals surface area contributed by atoms with Crippen molar-refractivity contribution < 1.29 is 18.3 Å². The van der Waals surface area contributed by atoms with Crippen LogP contribution < -0.4 is 4.74 Å². The van der Waals surface area contributed by atoms with Crippen LogP contribution in [0.5, 0.6) is 5.75 Å². The minimum Gasteiger partial charge on any atom is -0.483 e. The maximum atomic E-state index is 11.2. The van der Waals surface area contributed by atoms with Gasteiger partial charge in [-0.1, -0.05) is 0 Å². The molecule has 0 spiro atoms. The van der Waals surface area contributed by atoms with Gasteiger partial charge in [0.1, 0.15) is 12.2 Å². The third kappa shape index (κ3) is 2.35. The highest BCUT2D eigenvalue weighted by molar-refractivity contribution is 7.91. The highest BCUT2D eigenvalue weighted by Gasteiger charge is 2.38. The first-order valence-electron chi connectivity index (χ1n) is 5.08. The van der Waals surface area contributed by atoms with Crippen molar-refractivity contribution >= 4 is 9.84 Å². The van der Waals surface area contributed by atoms with Crippen molar-refractivity contribution in [3.05, 3.63) is 12.4 Å². The number of aliphatic hydroxyl groups excluding tert-OH is 1. The zero-order valence-corrected chi connectivity index (χ0v) is 9.72. The van der Waals surface area contributed by atoms with Crippen molar-refractivity contribution in [3.8, 4) is 5.75 Å². The summed E-state index contributed by atoms with van der Waals surface area (Å²) in [5, 5.41) is 13.5. The standard InChI is InChI=1S/C9H14N2O4S/c1-2-11-4-7(3-10-11)15-9-6-16(13,14)5-8(9)12/h3-4,8-9,12H,2,5-6H2,1H3. The van der Waals surface area contributed by atoms with Crippen LogP contribution in [-0.4, -0.2) is 47.0 Å². The molecule has 0 bridgehead atoms. The molecule has 1 aromatic rings. The van der Waals surface area contributed by atoms with E-state index in [2.05, 4.69) is 5.10 Å². The summed E-state index contributed by atoms with van der Waals surface area (Å²) >= 11 is 0. The van der Waals surface area contributed by atoms with E-state index in [-0.39, 0.29) is 11.5 Å². The van der Waals surface area contributed by atoms with E-state index in [1.54, 1.807) is 10.9 Å². The van der Waals surface area contributed by atoms with Crippen molar-refractivity contribution in [1.82, 2.24) is 9.78 Å². The molecule has 2 heterocycles. The van der Waals surface area contributed by atoms with Gasteiger partial charge in [0.15, 0.2) is 15.6 Å². The number of aliphatic hydroxyl groups is 1. The second-order valence-electron chi connectivity index (χ2n) is 3.83. The van der Waals surface area contributed by atoms with E-state index in [1.807, 2.05) is 6.92 Å². The Labute approximate surface area is 93.8 Å². The molecule has 6 nitrogen and oxygen atoms in total. The summed E-state index contributed by atoms with van der Waals surface area (Å²) in [5.41, 5.74) is 0. The van der Waals surface area contributed by atoms with Gasteiger partial charge in [-0.05, 0) is 6.92 Å². The van der Waals surface area contributed by atoms with Crippen LogP contribution in [-0.2, 0) is 16.4 Å². The summed E-state index contributed by atoms with van der Waals surface area (Å²) in [6, 6.07) is 0. The third-order valence-corrected chi connectivity index (χ3v) is 4.18. The Bertz CT molecular complexity index is 468. The van der Waals surface area contributed by atoms with E-state index in [4.69, 9.17) is 4.74 Å². The first-order chi connectivity index (χ1) is 7.50. The molecule has 0 amide bonds. The van der Waals surface area contributed by atoms with Crippen molar-refractivity contribution in [2.45, 2.75) is 25.7 Å². The summed E-state index contributed by atoms with van der Waals surface area (Å²) < 4.78 is 29.5. The molecular formula is C9H14N2O4S. The molecule has 1 aliphatic heterocycles. The number of aromatic nitrogens is 2. The molecule has 90 valence electrons. The number of rotatable bonds is 3. The van der Waals surface area contributed by atoms with Crippen molar-refractivity contribution in [1.29, 1.82) is 0 Å². The largest absolute Gasteiger partial charge is 0.483 e. The highest BCUT2D eigenvalue weighted by Crippen LogP contribution is 2.19. The van der Waals surface area contributed by atoms with Crippen LogP contribution in [0.2, 0.25) is 0 Å². The molecule has 0 radical (unpaired) electrons. The Balaban J connectivity index is 2.05. The zero-order chi connectivity index (χ0) is 11.8. The Morgan fingerprint density at radius 1 is 1.62 bits per heavy atom. The normalized spacial score (nSPS) is 28.1. The number of nitrogens with zero attached hydrogens (tertiary/aromatic N) is 2. The van der Waals surface area contributed by atoms with E-state index in [0.717, 1.165) is 6.54 Å². The van der Waals surface area contributed by atoms with Crippen LogP contribution in [0, 0.1) is 0 Å². The van der Waals surface area contributed by atoms with Gasteiger partial charge >= 0.3 is 0 Å². The quantitative estimate of drug-likeness (QED) is 0.773. The van der Waals surface area contributed by atoms with Crippen molar-refractivity contribution in [3.63, 3.8) is 0 Å². The van der Waals surface area contributed by atoms with Crippen LogP contribution >= 0.6 is 0 Å². The van der Waals surface area contributed by atoms with Crippen LogP contribution in [0.1, 0.15) is 6.92 Å². The fourth-order valence-electron chi connectivity index (χ4n) is 1.66. The maximum Gasteiger partial charge on any atom is 0.157 e. The molecule has 0 aliphatic carbocycles. The molecule has 1 aliphatic rings. The number of hydrogen-bond acceptors (Lipinski definition) is 5. The van der Waals surface area contributed by atoms with Crippen LogP contribution in [0.25, 0.3) is 0 Å². The number of hydrogen-bond donors (Lipinski definition) is 1. The predicted molar refractivity (Wildman–Crippen MR) is 57.0 cm³/mol. The second kappa shape index (κ2) is 4.06. The summed E-state index contributed by atoms with van der Waals surface area (Å²) in [7, 11) is -3.17. The van der Waals surface area contributed by atoms with Gasteiger partial charge < -0.3 is 9.84 Å². The first kappa shape index (κ1) is 11.4. The summed E-state index contributed by atoms with van der Waals surface area (Å²) in [4.78, 5) is 0. The van der Waals surface area contributed by atoms with Gasteiger partial charge in [0, 0.05) is 6.54 Å². The van der Waals surface area contributed by atoms with Gasteiger partial charge in [-0.25, -0.2) is 8.42 Å². The fourth-order valence-corrected chi connectivity index (χ4v) is 3.32. The Kier molecular flexibility index (Phi) is 2.90. The van der Waals surface area contributed by atoms with E-state index in [9.17, 15) is 13.5 Å². The third-order valence-electron chi connectivity index (χ3n) is 2.49. The lowest BCUT2D eigenvalue weighted by Crippen LogP contribution is -2.29. The molecule has 1 saturated heterocycles. The average molecular weight is 246 g/mol. The van der Waals surface area contributed by atoms with Gasteiger partial charge in [0.2, 0.25) is 0 Å². The SMILES string of the molecule is CCn1cc(OC2CS(=O)(=O)CC2O)cn1. The zero-order valence-electron chi connectivity index (χ0n) is 8.91. The molecule has 2 unspecified atom stereocenters. The van der Waals surface area contributed by atoms with Crippen LogP contribution in [0.3, 0.4) is 0 Å². The molecular weight excluding hydrogens is 232 g/mol. The van der Waals surface area contributed by atoms with Crippen molar-refractivity contribution in [2.24, 2.45) is 0 Å². The topological polar surface area (TPSA) is 81.4 Å². The molecule has 0 saturated carbocycles. The lowest BCUT2D eigenvalue weighted by molar-refractivity contribution is 0.0737. The highest BCUT2D eigenvalue weighted by atomic mass is 32.2. The smallest absolute Gasteiger partial charge is 0.157 e. The molecule has 0 aromatic carbocycles. The van der Waals surface area contributed by atoms with E-state index in [1.165, 1.54) is 6.20 Å². The predicted octanol–water partition coefficient (Wildman–Crippen LogP) is -0.560. The summed E-state index contributed by atoms with van der Waals surface area (Å²) in [6.07, 6.45) is 1.56. The lowest BCUT2D eigenvalue weighted by atomic mass is 10.3. The van der Waals surface area contributed by atoms with E-state index < -0.39 is 22.0 Å². The average Bonchev–Trinajstić information content (AvgIpc) is 2.72. The van der Waals surface area contributed by atoms with Gasteiger partial charge in [-0.2, -0.15) is 5.10 Å². The Morgan fingerprint density at radius 3 is 2.88 bits per heavy atom. The first-order valence-corrected chi connectivity index (χ1v) is 6.90. The van der Waals surface area contributed by atoms with Crippen LogP contribution in [0.4, 0.5) is 0 Å². The van der Waals surface area contributed by atoms with E-state index in [0.29, 0.717) is 5.75 Å². The fraction of sp³-hybridized carbons (Fsp3) is 0.667. The minimum atomic E-state index is -3.17. The maximum absolute atomic E-state index is 11.2. The molecule has 2 atom stereocenters. The molecule has 7 heteroatoms. The van der Waals surface area contributed by atoms with E-state index >= 15 is 0 Å². The number of aryl methyl sites for hydroxylation is 1. The Hall–Kier alpha value is -1.08. The van der Waals surface area contributed by atoms with Gasteiger partial charge in [0.25, 0.3) is 0 Å². The van der Waals surface area contributed by atoms with Crippen LogP contribution in [0.15, 0.2) is 12.4 Å². The summed E-state index contributed by atoms with van der Waals surface area (Å²) in [6.45, 7) is 2.65. The lowest BCUT2D eigenvalue weighted by Gasteiger charge is -2.13.